The summed E-state index contributed by atoms with van der Waals surface area (Å²) in [6.45, 7) is 7.34. The lowest BCUT2D eigenvalue weighted by Crippen LogP contribution is -2.36. The van der Waals surface area contributed by atoms with Crippen LogP contribution in [0.3, 0.4) is 0 Å². The highest BCUT2D eigenvalue weighted by molar-refractivity contribution is 5.97. The van der Waals surface area contributed by atoms with Crippen molar-refractivity contribution in [2.24, 2.45) is 11.7 Å². The van der Waals surface area contributed by atoms with Crippen molar-refractivity contribution in [2.45, 2.75) is 40.2 Å². The molecule has 118 valence electrons. The van der Waals surface area contributed by atoms with Gasteiger partial charge < -0.3 is 16.4 Å². The van der Waals surface area contributed by atoms with Crippen molar-refractivity contribution >= 4 is 35.6 Å². The van der Waals surface area contributed by atoms with Crippen LogP contribution in [0.5, 0.6) is 0 Å². The maximum Gasteiger partial charge on any atom is 0.241 e. The molecule has 0 radical (unpaired) electrons. The molecule has 0 bridgehead atoms. The molecule has 2 amide bonds. The van der Waals surface area contributed by atoms with Gasteiger partial charge >= 0.3 is 0 Å². The van der Waals surface area contributed by atoms with Crippen molar-refractivity contribution < 1.29 is 9.59 Å². The van der Waals surface area contributed by atoms with Crippen LogP contribution in [0.1, 0.15) is 32.8 Å². The molecule has 0 fully saturated rings. The first-order valence-corrected chi connectivity index (χ1v) is 6.75. The van der Waals surface area contributed by atoms with Crippen LogP contribution in [0, 0.1) is 12.8 Å². The van der Waals surface area contributed by atoms with Crippen LogP contribution in [0.25, 0.3) is 0 Å². The lowest BCUT2D eigenvalue weighted by molar-refractivity contribution is -0.117. The Morgan fingerprint density at radius 3 is 2.19 bits per heavy atom. The third-order valence-electron chi connectivity index (χ3n) is 2.96. The quantitative estimate of drug-likeness (QED) is 0.781. The van der Waals surface area contributed by atoms with Crippen molar-refractivity contribution in [3.8, 4) is 0 Å². The molecule has 0 aliphatic heterocycles. The first kappa shape index (κ1) is 19.4. The molecule has 5 nitrogen and oxygen atoms in total. The smallest absolute Gasteiger partial charge is 0.241 e. The molecule has 21 heavy (non-hydrogen) atoms. The van der Waals surface area contributed by atoms with Gasteiger partial charge in [0.2, 0.25) is 11.8 Å². The molecule has 1 atom stereocenters. The zero-order valence-electron chi connectivity index (χ0n) is 12.9. The lowest BCUT2D eigenvalue weighted by atomic mass is 10.0. The van der Waals surface area contributed by atoms with Gasteiger partial charge in [-0.15, -0.1) is 12.4 Å². The third-order valence-corrected chi connectivity index (χ3v) is 2.96. The minimum atomic E-state index is -0.529. The first-order chi connectivity index (χ1) is 9.31. The average molecular weight is 314 g/mol. The van der Waals surface area contributed by atoms with Gasteiger partial charge in [0.1, 0.15) is 0 Å². The van der Waals surface area contributed by atoms with Gasteiger partial charge in [-0.25, -0.2) is 0 Å². The summed E-state index contributed by atoms with van der Waals surface area (Å²) in [4.78, 5) is 23.1. The second kappa shape index (κ2) is 8.64. The number of anilines is 2. The maximum atomic E-state index is 12.0. The molecule has 1 aromatic carbocycles. The van der Waals surface area contributed by atoms with E-state index in [4.69, 9.17) is 5.73 Å². The summed E-state index contributed by atoms with van der Waals surface area (Å²) < 4.78 is 0. The van der Waals surface area contributed by atoms with E-state index in [0.717, 1.165) is 5.56 Å². The van der Waals surface area contributed by atoms with Gasteiger partial charge in [-0.05, 0) is 37.0 Å². The van der Waals surface area contributed by atoms with Gasteiger partial charge in [0, 0.05) is 18.3 Å². The summed E-state index contributed by atoms with van der Waals surface area (Å²) in [5, 5.41) is 5.54. The number of hydrogen-bond acceptors (Lipinski definition) is 3. The number of nitrogens with two attached hydrogens (primary N) is 1. The first-order valence-electron chi connectivity index (χ1n) is 6.75. The Labute approximate surface area is 132 Å². The maximum absolute atomic E-state index is 12.0. The summed E-state index contributed by atoms with van der Waals surface area (Å²) in [6.07, 6.45) is 0.635. The van der Waals surface area contributed by atoms with Crippen LogP contribution in [0.2, 0.25) is 0 Å². The van der Waals surface area contributed by atoms with Crippen molar-refractivity contribution in [2.75, 3.05) is 10.6 Å². The van der Waals surface area contributed by atoms with Crippen molar-refractivity contribution in [1.82, 2.24) is 0 Å². The summed E-state index contributed by atoms with van der Waals surface area (Å²) in [7, 11) is 0. The molecule has 0 aliphatic rings. The Hall–Kier alpha value is -1.59. The molecule has 0 saturated carbocycles. The number of hydrogen-bond donors (Lipinski definition) is 3. The highest BCUT2D eigenvalue weighted by Gasteiger charge is 2.16. The minimum Gasteiger partial charge on any atom is -0.326 e. The largest absolute Gasteiger partial charge is 0.326 e. The number of benzene rings is 1. The van der Waals surface area contributed by atoms with E-state index in [2.05, 4.69) is 10.6 Å². The summed E-state index contributed by atoms with van der Waals surface area (Å²) in [5.41, 5.74) is 8.02. The monoisotopic (exact) mass is 313 g/mol. The molecule has 0 spiro atoms. The highest BCUT2D eigenvalue weighted by Crippen LogP contribution is 2.23. The van der Waals surface area contributed by atoms with Crippen LogP contribution >= 0.6 is 12.4 Å². The highest BCUT2D eigenvalue weighted by atomic mass is 35.5. The number of amides is 2. The second-order valence-electron chi connectivity index (χ2n) is 5.38. The SMILES string of the molecule is CC(=O)Nc1cccc(NC(=O)[C@@H](N)CC(C)C)c1C.Cl. The van der Waals surface area contributed by atoms with Crippen LogP contribution in [-0.4, -0.2) is 17.9 Å². The Bertz CT molecular complexity index is 504. The molecule has 0 aliphatic carbocycles. The summed E-state index contributed by atoms with van der Waals surface area (Å²) >= 11 is 0. The molecule has 0 saturated heterocycles. The third kappa shape index (κ3) is 6.14. The number of carbonyl (C=O) groups excluding carboxylic acids is 2. The molecule has 0 heterocycles. The molecule has 0 aromatic heterocycles. The summed E-state index contributed by atoms with van der Waals surface area (Å²) in [5.74, 6) is 0.0115. The number of nitrogens with one attached hydrogen (secondary N) is 2. The summed E-state index contributed by atoms with van der Waals surface area (Å²) in [6, 6.07) is 4.84. The predicted octanol–water partition coefficient (Wildman–Crippen LogP) is 2.69. The molecule has 4 N–H and O–H groups in total. The second-order valence-corrected chi connectivity index (χ2v) is 5.38. The Morgan fingerprint density at radius 1 is 1.19 bits per heavy atom. The topological polar surface area (TPSA) is 84.2 Å². The van der Waals surface area contributed by atoms with Crippen LogP contribution < -0.4 is 16.4 Å². The molecular weight excluding hydrogens is 290 g/mol. The van der Waals surface area contributed by atoms with Gasteiger partial charge in [0.15, 0.2) is 0 Å². The Balaban J connectivity index is 0.00000400. The molecule has 6 heteroatoms. The fraction of sp³-hybridized carbons (Fsp3) is 0.467. The van der Waals surface area contributed by atoms with Crippen molar-refractivity contribution in [3.63, 3.8) is 0 Å². The molecule has 0 unspecified atom stereocenters. The van der Waals surface area contributed by atoms with Gasteiger partial charge in [-0.2, -0.15) is 0 Å². The number of carbonyl (C=O) groups is 2. The normalized spacial score (nSPS) is 11.5. The van der Waals surface area contributed by atoms with E-state index in [9.17, 15) is 9.59 Å². The fourth-order valence-electron chi connectivity index (χ4n) is 1.94. The van der Waals surface area contributed by atoms with Gasteiger partial charge in [-0.3, -0.25) is 9.59 Å². The van der Waals surface area contributed by atoms with Gasteiger partial charge in [-0.1, -0.05) is 19.9 Å². The van der Waals surface area contributed by atoms with Crippen LogP contribution in [0.4, 0.5) is 11.4 Å². The van der Waals surface area contributed by atoms with Crippen LogP contribution in [0.15, 0.2) is 18.2 Å². The van der Waals surface area contributed by atoms with E-state index >= 15 is 0 Å². The number of rotatable bonds is 5. The Morgan fingerprint density at radius 2 is 1.71 bits per heavy atom. The predicted molar refractivity (Wildman–Crippen MR) is 88.8 cm³/mol. The zero-order chi connectivity index (χ0) is 15.3. The van der Waals surface area contributed by atoms with Gasteiger partial charge in [0.05, 0.1) is 6.04 Å². The Kier molecular flexibility index (Phi) is 7.99. The van der Waals surface area contributed by atoms with Crippen LogP contribution in [-0.2, 0) is 9.59 Å². The van der Waals surface area contributed by atoms with E-state index in [1.165, 1.54) is 6.92 Å². The van der Waals surface area contributed by atoms with E-state index < -0.39 is 6.04 Å². The number of halogens is 1. The van der Waals surface area contributed by atoms with E-state index in [1.54, 1.807) is 18.2 Å². The van der Waals surface area contributed by atoms with Gasteiger partial charge in [0.25, 0.3) is 0 Å². The fourth-order valence-corrected chi connectivity index (χ4v) is 1.94. The average Bonchev–Trinajstić information content (AvgIpc) is 2.32. The van der Waals surface area contributed by atoms with Crippen molar-refractivity contribution in [1.29, 1.82) is 0 Å². The van der Waals surface area contributed by atoms with Crippen molar-refractivity contribution in [3.05, 3.63) is 23.8 Å². The standard InChI is InChI=1S/C15H23N3O2.ClH/c1-9(2)8-12(16)15(20)18-14-7-5-6-13(10(14)3)17-11(4)19;/h5-7,9,12H,8,16H2,1-4H3,(H,17,19)(H,18,20);1H/t12-;/m0./s1. The van der Waals surface area contributed by atoms with E-state index in [0.29, 0.717) is 23.7 Å². The minimum absolute atomic E-state index is 0. The molecular formula is C15H24ClN3O2. The van der Waals surface area contributed by atoms with E-state index in [1.807, 2.05) is 20.8 Å². The zero-order valence-corrected chi connectivity index (χ0v) is 13.7. The lowest BCUT2D eigenvalue weighted by Gasteiger charge is -2.16. The molecule has 1 aromatic rings. The molecule has 1 rings (SSSR count). The van der Waals surface area contributed by atoms with E-state index in [-0.39, 0.29) is 24.2 Å².